The Balaban J connectivity index is 0.000000597. The van der Waals surface area contributed by atoms with Crippen LogP contribution in [-0.2, 0) is 13.4 Å². The quantitative estimate of drug-likeness (QED) is 0.510. The van der Waals surface area contributed by atoms with Gasteiger partial charge in [0.05, 0.1) is 0 Å². The third-order valence-corrected chi connectivity index (χ3v) is 5.02. The Morgan fingerprint density at radius 2 is 1.27 bits per heavy atom. The number of benzene rings is 2. The first kappa shape index (κ1) is 22.3. The van der Waals surface area contributed by atoms with Crippen LogP contribution in [0.1, 0.15) is 6.92 Å². The van der Waals surface area contributed by atoms with Crippen molar-refractivity contribution in [2.45, 2.75) is 13.0 Å². The molecule has 0 radical (unpaired) electrons. The lowest BCUT2D eigenvalue weighted by atomic mass is 10.3. The maximum absolute atomic E-state index is 12.4. The molecule has 0 aliphatic rings. The van der Waals surface area contributed by atoms with Crippen LogP contribution in [0.15, 0.2) is 60.7 Å². The van der Waals surface area contributed by atoms with Crippen LogP contribution >= 0.6 is 15.6 Å². The SMILES string of the molecule is CC(N)CN.O=P(O)(O)OP(=O)(Oc1ccccc1)Oc1ccccc1. The molecule has 0 aromatic heterocycles. The molecule has 6 N–H and O–H groups in total. The average molecular weight is 404 g/mol. The summed E-state index contributed by atoms with van der Waals surface area (Å²) in [5, 5.41) is 0. The van der Waals surface area contributed by atoms with Gasteiger partial charge in [-0.3, -0.25) is 0 Å². The van der Waals surface area contributed by atoms with E-state index in [0.29, 0.717) is 6.54 Å². The molecule has 0 bridgehead atoms. The van der Waals surface area contributed by atoms with Gasteiger partial charge in [-0.15, -0.1) is 0 Å². The van der Waals surface area contributed by atoms with E-state index in [1.165, 1.54) is 24.3 Å². The van der Waals surface area contributed by atoms with Crippen molar-refractivity contribution >= 4 is 15.6 Å². The van der Waals surface area contributed by atoms with Gasteiger partial charge in [-0.2, -0.15) is 4.31 Å². The fourth-order valence-electron chi connectivity index (χ4n) is 1.40. The normalized spacial score (nSPS) is 12.5. The van der Waals surface area contributed by atoms with E-state index in [9.17, 15) is 9.13 Å². The number of para-hydroxylation sites is 2. The predicted octanol–water partition coefficient (Wildman–Crippen LogP) is 2.65. The highest BCUT2D eigenvalue weighted by atomic mass is 31.3. The lowest BCUT2D eigenvalue weighted by Gasteiger charge is -2.18. The third kappa shape index (κ3) is 9.70. The largest absolute Gasteiger partial charge is 0.596 e. The molecule has 0 aliphatic heterocycles. The van der Waals surface area contributed by atoms with E-state index in [1.54, 1.807) is 36.4 Å². The summed E-state index contributed by atoms with van der Waals surface area (Å²) in [5.74, 6) is 0.176. The highest BCUT2D eigenvalue weighted by Crippen LogP contribution is 2.60. The first-order valence-electron chi connectivity index (χ1n) is 7.45. The molecule has 9 nitrogen and oxygen atoms in total. The Kier molecular flexibility index (Phi) is 8.98. The van der Waals surface area contributed by atoms with E-state index in [4.69, 9.17) is 30.3 Å². The summed E-state index contributed by atoms with van der Waals surface area (Å²) in [6.45, 7) is 2.46. The van der Waals surface area contributed by atoms with Gasteiger partial charge in [0.15, 0.2) is 0 Å². The molecule has 1 atom stereocenters. The van der Waals surface area contributed by atoms with Gasteiger partial charge in [-0.25, -0.2) is 9.13 Å². The summed E-state index contributed by atoms with van der Waals surface area (Å²) >= 11 is 0. The molecule has 2 aromatic carbocycles. The molecule has 0 saturated heterocycles. The summed E-state index contributed by atoms with van der Waals surface area (Å²) < 4.78 is 37.6. The number of phosphoric ester groups is 1. The second kappa shape index (κ2) is 10.4. The van der Waals surface area contributed by atoms with Crippen molar-refractivity contribution in [1.82, 2.24) is 0 Å². The standard InChI is InChI=1S/C12H12O7P2.C3H10N2/c13-20(14,15)19-21(16,17-11-7-3-1-4-8-11)18-12-9-5-2-6-10-12;1-3(5)2-4/h1-10H,(H2,13,14,15);3H,2,4-5H2,1H3. The van der Waals surface area contributed by atoms with E-state index >= 15 is 0 Å². The Morgan fingerprint density at radius 3 is 1.54 bits per heavy atom. The molecule has 0 spiro atoms. The van der Waals surface area contributed by atoms with Gasteiger partial charge in [0.1, 0.15) is 11.5 Å². The van der Waals surface area contributed by atoms with Crippen LogP contribution in [0.4, 0.5) is 0 Å². The van der Waals surface area contributed by atoms with E-state index in [-0.39, 0.29) is 17.5 Å². The Bertz CT molecular complexity index is 693. The van der Waals surface area contributed by atoms with E-state index < -0.39 is 15.6 Å². The van der Waals surface area contributed by atoms with Crippen LogP contribution in [0.25, 0.3) is 0 Å². The molecule has 144 valence electrons. The second-order valence-corrected chi connectivity index (χ2v) is 7.94. The number of hydrogen-bond donors (Lipinski definition) is 4. The van der Waals surface area contributed by atoms with Gasteiger partial charge >= 0.3 is 15.6 Å². The summed E-state index contributed by atoms with van der Waals surface area (Å²) in [5.41, 5.74) is 10.2. The summed E-state index contributed by atoms with van der Waals surface area (Å²) in [6, 6.07) is 15.7. The second-order valence-electron chi connectivity index (χ2n) is 5.04. The summed E-state index contributed by atoms with van der Waals surface area (Å²) in [4.78, 5) is 17.7. The monoisotopic (exact) mass is 404 g/mol. The van der Waals surface area contributed by atoms with E-state index in [2.05, 4.69) is 4.31 Å². The van der Waals surface area contributed by atoms with Crippen molar-refractivity contribution in [3.63, 3.8) is 0 Å². The molecule has 2 rings (SSSR count). The minimum Gasteiger partial charge on any atom is -0.395 e. The van der Waals surface area contributed by atoms with Gasteiger partial charge in [0, 0.05) is 12.6 Å². The van der Waals surface area contributed by atoms with Gasteiger partial charge in [-0.1, -0.05) is 36.4 Å². The van der Waals surface area contributed by atoms with Crippen molar-refractivity contribution in [3.05, 3.63) is 60.7 Å². The topological polar surface area (TPSA) is 154 Å². The van der Waals surface area contributed by atoms with Crippen LogP contribution in [0.2, 0.25) is 0 Å². The van der Waals surface area contributed by atoms with Crippen molar-refractivity contribution < 1.29 is 32.3 Å². The van der Waals surface area contributed by atoms with Gasteiger partial charge in [-0.05, 0) is 31.2 Å². The van der Waals surface area contributed by atoms with Crippen molar-refractivity contribution in [1.29, 1.82) is 0 Å². The molecule has 0 aliphatic carbocycles. The highest BCUT2D eigenvalue weighted by molar-refractivity contribution is 7.61. The fourth-order valence-corrected chi connectivity index (χ4v) is 3.51. The molecule has 2 aromatic rings. The number of rotatable bonds is 7. The predicted molar refractivity (Wildman–Crippen MR) is 97.6 cm³/mol. The molecule has 0 fully saturated rings. The maximum Gasteiger partial charge on any atom is 0.596 e. The highest BCUT2D eigenvalue weighted by Gasteiger charge is 2.39. The number of nitrogens with two attached hydrogens (primary N) is 2. The van der Waals surface area contributed by atoms with E-state index in [0.717, 1.165) is 0 Å². The van der Waals surface area contributed by atoms with Crippen LogP contribution in [0.3, 0.4) is 0 Å². The minimum atomic E-state index is -5.07. The Hall–Kier alpha value is -1.70. The zero-order chi connectivity index (χ0) is 19.6. The smallest absolute Gasteiger partial charge is 0.395 e. The van der Waals surface area contributed by atoms with Crippen molar-refractivity contribution in [2.75, 3.05) is 6.54 Å². The lowest BCUT2D eigenvalue weighted by Crippen LogP contribution is -2.25. The molecular formula is C15H22N2O7P2. The summed E-state index contributed by atoms with van der Waals surface area (Å²) in [6.07, 6.45) is 0. The molecular weight excluding hydrogens is 382 g/mol. The van der Waals surface area contributed by atoms with Crippen LogP contribution in [-0.4, -0.2) is 22.4 Å². The zero-order valence-corrected chi connectivity index (χ0v) is 15.8. The van der Waals surface area contributed by atoms with Crippen LogP contribution in [0, 0.1) is 0 Å². The molecule has 1 unspecified atom stereocenters. The van der Waals surface area contributed by atoms with Crippen LogP contribution in [0.5, 0.6) is 11.5 Å². The Morgan fingerprint density at radius 1 is 0.923 bits per heavy atom. The molecule has 0 heterocycles. The molecule has 26 heavy (non-hydrogen) atoms. The number of hydrogen-bond acceptors (Lipinski definition) is 7. The van der Waals surface area contributed by atoms with Gasteiger partial charge < -0.3 is 30.3 Å². The van der Waals surface area contributed by atoms with Crippen LogP contribution < -0.4 is 20.5 Å². The van der Waals surface area contributed by atoms with Crippen molar-refractivity contribution in [3.8, 4) is 11.5 Å². The molecule has 0 saturated carbocycles. The first-order valence-corrected chi connectivity index (χ1v) is 10.4. The average Bonchev–Trinajstić information content (AvgIpc) is 2.55. The molecule has 0 amide bonds. The number of phosphoric acid groups is 2. The first-order chi connectivity index (χ1) is 12.1. The van der Waals surface area contributed by atoms with Crippen molar-refractivity contribution in [2.24, 2.45) is 11.5 Å². The minimum absolute atomic E-state index is 0.0882. The summed E-state index contributed by atoms with van der Waals surface area (Å²) in [7, 11) is -9.62. The zero-order valence-electron chi connectivity index (χ0n) is 14.0. The fraction of sp³-hybridized carbons (Fsp3) is 0.200. The Labute approximate surface area is 151 Å². The van der Waals surface area contributed by atoms with E-state index in [1.807, 2.05) is 6.92 Å². The third-order valence-electron chi connectivity index (χ3n) is 2.50. The lowest BCUT2D eigenvalue weighted by molar-refractivity contribution is 0.233. The molecule has 11 heteroatoms. The maximum atomic E-state index is 12.4. The van der Waals surface area contributed by atoms with Gasteiger partial charge in [0.2, 0.25) is 0 Å². The van der Waals surface area contributed by atoms with Gasteiger partial charge in [0.25, 0.3) is 0 Å².